The van der Waals surface area contributed by atoms with Crippen LogP contribution in [0.15, 0.2) is 24.3 Å². The van der Waals surface area contributed by atoms with Crippen molar-refractivity contribution in [3.8, 4) is 0 Å². The number of hydrogen-bond donors (Lipinski definition) is 1. The van der Waals surface area contributed by atoms with Gasteiger partial charge in [-0.05, 0) is 42.9 Å². The molecule has 0 aliphatic heterocycles. The zero-order valence-electron chi connectivity index (χ0n) is 13.0. The van der Waals surface area contributed by atoms with Crippen molar-refractivity contribution in [2.45, 2.75) is 38.5 Å². The van der Waals surface area contributed by atoms with E-state index in [1.807, 2.05) is 12.1 Å². The van der Waals surface area contributed by atoms with E-state index in [9.17, 15) is 9.59 Å². The second-order valence-corrected chi connectivity index (χ2v) is 6.63. The fraction of sp³-hybridized carbons (Fsp3) is 0.529. The van der Waals surface area contributed by atoms with E-state index in [0.717, 1.165) is 24.8 Å². The van der Waals surface area contributed by atoms with Gasteiger partial charge in [-0.3, -0.25) is 9.59 Å². The van der Waals surface area contributed by atoms with Crippen LogP contribution in [0.2, 0.25) is 5.02 Å². The average molecular weight is 324 g/mol. The van der Waals surface area contributed by atoms with E-state index >= 15 is 0 Å². The summed E-state index contributed by atoms with van der Waals surface area (Å²) in [5, 5.41) is 3.39. The van der Waals surface area contributed by atoms with Gasteiger partial charge in [-0.25, -0.2) is 0 Å². The average Bonchev–Trinajstić information content (AvgIpc) is 3.27. The zero-order chi connectivity index (χ0) is 16.2. The molecule has 0 unspecified atom stereocenters. The Bertz CT molecular complexity index is 535. The van der Waals surface area contributed by atoms with Crippen LogP contribution in [0.1, 0.15) is 38.7 Å². The van der Waals surface area contributed by atoms with Gasteiger partial charge < -0.3 is 10.1 Å². The molecule has 1 aromatic carbocycles. The van der Waals surface area contributed by atoms with Crippen LogP contribution in [0.4, 0.5) is 0 Å². The predicted molar refractivity (Wildman–Crippen MR) is 85.8 cm³/mol. The lowest BCUT2D eigenvalue weighted by molar-refractivity contribution is -0.151. The topological polar surface area (TPSA) is 55.4 Å². The second-order valence-electron chi connectivity index (χ2n) is 6.20. The third-order valence-corrected chi connectivity index (χ3v) is 4.17. The minimum atomic E-state index is -0.581. The molecule has 1 aliphatic carbocycles. The molecule has 1 N–H and O–H groups in total. The molecular weight excluding hydrogens is 302 g/mol. The molecule has 0 bridgehead atoms. The van der Waals surface area contributed by atoms with Crippen molar-refractivity contribution in [1.82, 2.24) is 5.32 Å². The molecule has 0 aromatic heterocycles. The molecule has 120 valence electrons. The summed E-state index contributed by atoms with van der Waals surface area (Å²) < 4.78 is 5.19. The van der Waals surface area contributed by atoms with Gasteiger partial charge in [-0.1, -0.05) is 37.6 Å². The van der Waals surface area contributed by atoms with Crippen LogP contribution in [0.25, 0.3) is 0 Å². The first-order valence-corrected chi connectivity index (χ1v) is 8.02. The molecule has 0 saturated heterocycles. The third kappa shape index (κ3) is 4.23. The minimum absolute atomic E-state index is 0.216. The standard InChI is InChI=1S/C17H22ClNO3/c1-12(2)7-10-19-15(20)11-22-16(21)17(8-9-17)13-3-5-14(18)6-4-13/h3-6,12H,7-11H2,1-2H3,(H,19,20). The quantitative estimate of drug-likeness (QED) is 0.785. The summed E-state index contributed by atoms with van der Waals surface area (Å²) in [6.45, 7) is 4.58. The van der Waals surface area contributed by atoms with Gasteiger partial charge in [0.05, 0.1) is 5.41 Å². The lowest BCUT2D eigenvalue weighted by Gasteiger charge is -2.15. The maximum absolute atomic E-state index is 12.3. The molecule has 4 nitrogen and oxygen atoms in total. The van der Waals surface area contributed by atoms with E-state index < -0.39 is 5.41 Å². The van der Waals surface area contributed by atoms with E-state index in [1.165, 1.54) is 0 Å². The first kappa shape index (κ1) is 16.8. The fourth-order valence-electron chi connectivity index (χ4n) is 2.33. The SMILES string of the molecule is CC(C)CCNC(=O)COC(=O)C1(c2ccc(Cl)cc2)CC1. The van der Waals surface area contributed by atoms with Crippen LogP contribution >= 0.6 is 11.6 Å². The summed E-state index contributed by atoms with van der Waals surface area (Å²) in [6.07, 6.45) is 2.42. The molecule has 1 saturated carbocycles. The number of ether oxygens (including phenoxy) is 1. The highest BCUT2D eigenvalue weighted by Crippen LogP contribution is 2.49. The molecule has 1 aliphatic rings. The molecule has 22 heavy (non-hydrogen) atoms. The van der Waals surface area contributed by atoms with Gasteiger partial charge in [0.1, 0.15) is 0 Å². The van der Waals surface area contributed by atoms with Crippen LogP contribution in [-0.2, 0) is 19.7 Å². The predicted octanol–water partition coefficient (Wildman–Crippen LogP) is 3.08. The number of esters is 1. The van der Waals surface area contributed by atoms with E-state index in [1.54, 1.807) is 12.1 Å². The summed E-state index contributed by atoms with van der Waals surface area (Å²) in [4.78, 5) is 23.9. The molecule has 1 amide bonds. The number of carbonyl (C=O) groups excluding carboxylic acids is 2. The number of rotatable bonds is 7. The van der Waals surface area contributed by atoms with Crippen molar-refractivity contribution in [2.24, 2.45) is 5.92 Å². The van der Waals surface area contributed by atoms with E-state index in [2.05, 4.69) is 19.2 Å². The van der Waals surface area contributed by atoms with Crippen molar-refractivity contribution in [3.05, 3.63) is 34.9 Å². The number of benzene rings is 1. The van der Waals surface area contributed by atoms with Gasteiger partial charge in [-0.2, -0.15) is 0 Å². The van der Waals surface area contributed by atoms with Crippen molar-refractivity contribution < 1.29 is 14.3 Å². The Balaban J connectivity index is 1.82. The summed E-state index contributed by atoms with van der Waals surface area (Å²) in [6, 6.07) is 7.23. The van der Waals surface area contributed by atoms with Gasteiger partial charge >= 0.3 is 5.97 Å². The molecule has 1 aromatic rings. The number of hydrogen-bond acceptors (Lipinski definition) is 3. The van der Waals surface area contributed by atoms with E-state index in [0.29, 0.717) is 17.5 Å². The molecule has 2 rings (SSSR count). The molecule has 0 spiro atoms. The fourth-order valence-corrected chi connectivity index (χ4v) is 2.45. The summed E-state index contributed by atoms with van der Waals surface area (Å²) in [7, 11) is 0. The van der Waals surface area contributed by atoms with Crippen molar-refractivity contribution in [3.63, 3.8) is 0 Å². The Morgan fingerprint density at radius 2 is 1.91 bits per heavy atom. The van der Waals surface area contributed by atoms with Gasteiger partial charge in [-0.15, -0.1) is 0 Å². The summed E-state index contributed by atoms with van der Waals surface area (Å²) >= 11 is 5.87. The maximum atomic E-state index is 12.3. The van der Waals surface area contributed by atoms with Crippen molar-refractivity contribution >= 4 is 23.5 Å². The lowest BCUT2D eigenvalue weighted by Crippen LogP contribution is -2.32. The highest BCUT2D eigenvalue weighted by atomic mass is 35.5. The van der Waals surface area contributed by atoms with Gasteiger partial charge in [0, 0.05) is 11.6 Å². The number of carbonyl (C=O) groups is 2. The van der Waals surface area contributed by atoms with Crippen LogP contribution in [0, 0.1) is 5.92 Å². The molecule has 5 heteroatoms. The Hall–Kier alpha value is -1.55. The molecule has 0 heterocycles. The summed E-state index contributed by atoms with van der Waals surface area (Å²) in [5.74, 6) is -0.0442. The lowest BCUT2D eigenvalue weighted by atomic mass is 9.96. The minimum Gasteiger partial charge on any atom is -0.455 e. The normalized spacial score (nSPS) is 15.5. The van der Waals surface area contributed by atoms with E-state index in [-0.39, 0.29) is 18.5 Å². The Kier molecular flexibility index (Phi) is 5.46. The molecular formula is C17H22ClNO3. The van der Waals surface area contributed by atoms with Gasteiger partial charge in [0.15, 0.2) is 6.61 Å². The smallest absolute Gasteiger partial charge is 0.317 e. The Morgan fingerprint density at radius 1 is 1.27 bits per heavy atom. The molecule has 0 radical (unpaired) electrons. The van der Waals surface area contributed by atoms with Crippen LogP contribution in [-0.4, -0.2) is 25.0 Å². The highest BCUT2D eigenvalue weighted by Gasteiger charge is 2.52. The van der Waals surface area contributed by atoms with Crippen LogP contribution < -0.4 is 5.32 Å². The highest BCUT2D eigenvalue weighted by molar-refractivity contribution is 6.30. The zero-order valence-corrected chi connectivity index (χ0v) is 13.8. The first-order valence-electron chi connectivity index (χ1n) is 7.64. The molecule has 0 atom stereocenters. The van der Waals surface area contributed by atoms with Crippen molar-refractivity contribution in [1.29, 1.82) is 0 Å². The first-order chi connectivity index (χ1) is 10.4. The Labute approximate surface area is 136 Å². The number of nitrogens with one attached hydrogen (secondary N) is 1. The monoisotopic (exact) mass is 323 g/mol. The second kappa shape index (κ2) is 7.14. The number of halogens is 1. The third-order valence-electron chi connectivity index (χ3n) is 3.92. The Morgan fingerprint density at radius 3 is 2.45 bits per heavy atom. The van der Waals surface area contributed by atoms with Crippen LogP contribution in [0.3, 0.4) is 0 Å². The maximum Gasteiger partial charge on any atom is 0.317 e. The van der Waals surface area contributed by atoms with Crippen LogP contribution in [0.5, 0.6) is 0 Å². The van der Waals surface area contributed by atoms with Gasteiger partial charge in [0.25, 0.3) is 5.91 Å². The molecule has 1 fully saturated rings. The van der Waals surface area contributed by atoms with Crippen molar-refractivity contribution in [2.75, 3.05) is 13.2 Å². The number of amides is 1. The van der Waals surface area contributed by atoms with E-state index in [4.69, 9.17) is 16.3 Å². The van der Waals surface area contributed by atoms with Gasteiger partial charge in [0.2, 0.25) is 0 Å². The summed E-state index contributed by atoms with van der Waals surface area (Å²) in [5.41, 5.74) is 0.324. The largest absolute Gasteiger partial charge is 0.455 e.